The van der Waals surface area contributed by atoms with Crippen LogP contribution in [-0.2, 0) is 4.79 Å². The van der Waals surface area contributed by atoms with Gasteiger partial charge in [0.25, 0.3) is 0 Å². The van der Waals surface area contributed by atoms with Crippen LogP contribution in [0.1, 0.15) is 25.3 Å². The number of anilines is 2. The van der Waals surface area contributed by atoms with Crippen LogP contribution < -0.4 is 10.6 Å². The van der Waals surface area contributed by atoms with Crippen LogP contribution in [0.2, 0.25) is 0 Å². The van der Waals surface area contributed by atoms with E-state index in [4.69, 9.17) is 0 Å². The highest BCUT2D eigenvalue weighted by Crippen LogP contribution is 2.29. The van der Waals surface area contributed by atoms with E-state index in [-0.39, 0.29) is 5.91 Å². The summed E-state index contributed by atoms with van der Waals surface area (Å²) in [6.45, 7) is 4.57. The van der Waals surface area contributed by atoms with Gasteiger partial charge in [-0.15, -0.1) is 0 Å². The molecule has 0 aliphatic heterocycles. The lowest BCUT2D eigenvalue weighted by Crippen LogP contribution is -2.08. The fraction of sp³-hybridized carbons (Fsp3) is 0.462. The highest BCUT2D eigenvalue weighted by Gasteiger charge is 2.20. The Balaban J connectivity index is 2.04. The molecule has 3 nitrogen and oxygen atoms in total. The van der Waals surface area contributed by atoms with E-state index in [2.05, 4.69) is 16.7 Å². The maximum absolute atomic E-state index is 11.0. The number of carbonyl (C=O) groups excluding carboxylic acids is 1. The Kier molecular flexibility index (Phi) is 3.13. The standard InChI is InChI=1S/C13H18N2O/c1-9-3-6-12(14-8-11-4-5-11)7-13(9)15-10(2)16/h3,6-7,11,14H,4-5,8H2,1-2H3,(H,15,16). The van der Waals surface area contributed by atoms with Gasteiger partial charge in [-0.2, -0.15) is 0 Å². The van der Waals surface area contributed by atoms with Crippen molar-refractivity contribution < 1.29 is 4.79 Å². The van der Waals surface area contributed by atoms with Gasteiger partial charge in [-0.25, -0.2) is 0 Å². The van der Waals surface area contributed by atoms with Gasteiger partial charge in [-0.3, -0.25) is 4.79 Å². The maximum atomic E-state index is 11.0. The monoisotopic (exact) mass is 218 g/mol. The molecule has 1 saturated carbocycles. The molecule has 0 saturated heterocycles. The zero-order chi connectivity index (χ0) is 11.5. The quantitative estimate of drug-likeness (QED) is 0.816. The summed E-state index contributed by atoms with van der Waals surface area (Å²) in [6, 6.07) is 6.09. The van der Waals surface area contributed by atoms with Crippen LogP contribution in [0.5, 0.6) is 0 Å². The molecule has 16 heavy (non-hydrogen) atoms. The molecule has 1 aromatic carbocycles. The minimum absolute atomic E-state index is 0.0255. The molecule has 0 unspecified atom stereocenters. The van der Waals surface area contributed by atoms with Gasteiger partial charge in [0.05, 0.1) is 0 Å². The van der Waals surface area contributed by atoms with Crippen LogP contribution in [0.3, 0.4) is 0 Å². The lowest BCUT2D eigenvalue weighted by Gasteiger charge is -2.10. The Morgan fingerprint density at radius 1 is 1.44 bits per heavy atom. The van der Waals surface area contributed by atoms with Crippen LogP contribution >= 0.6 is 0 Å². The zero-order valence-electron chi connectivity index (χ0n) is 9.84. The lowest BCUT2D eigenvalue weighted by atomic mass is 10.1. The van der Waals surface area contributed by atoms with Gasteiger partial charge in [0.1, 0.15) is 0 Å². The van der Waals surface area contributed by atoms with Crippen molar-refractivity contribution >= 4 is 17.3 Å². The smallest absolute Gasteiger partial charge is 0.221 e. The first-order valence-electron chi connectivity index (χ1n) is 5.77. The summed E-state index contributed by atoms with van der Waals surface area (Å²) in [5, 5.41) is 6.23. The van der Waals surface area contributed by atoms with E-state index in [9.17, 15) is 4.79 Å². The van der Waals surface area contributed by atoms with Gasteiger partial charge in [-0.1, -0.05) is 6.07 Å². The Labute approximate surface area is 96.2 Å². The number of amides is 1. The first kappa shape index (κ1) is 11.0. The number of rotatable bonds is 4. The Hall–Kier alpha value is -1.51. The van der Waals surface area contributed by atoms with Crippen molar-refractivity contribution in [2.45, 2.75) is 26.7 Å². The van der Waals surface area contributed by atoms with Crippen molar-refractivity contribution in [1.82, 2.24) is 0 Å². The van der Waals surface area contributed by atoms with Crippen LogP contribution in [0.4, 0.5) is 11.4 Å². The van der Waals surface area contributed by atoms with Crippen LogP contribution in [0.15, 0.2) is 18.2 Å². The van der Waals surface area contributed by atoms with Crippen molar-refractivity contribution in [1.29, 1.82) is 0 Å². The highest BCUT2D eigenvalue weighted by atomic mass is 16.1. The van der Waals surface area contributed by atoms with Gasteiger partial charge in [-0.05, 0) is 43.4 Å². The maximum Gasteiger partial charge on any atom is 0.221 e. The SMILES string of the molecule is CC(=O)Nc1cc(NCC2CC2)ccc1C. The Bertz CT molecular complexity index is 397. The number of carbonyl (C=O) groups is 1. The third kappa shape index (κ3) is 2.99. The first-order valence-corrected chi connectivity index (χ1v) is 5.77. The molecule has 1 amide bonds. The number of nitrogens with one attached hydrogen (secondary N) is 2. The van der Waals surface area contributed by atoms with E-state index >= 15 is 0 Å². The number of hydrogen-bond donors (Lipinski definition) is 2. The van der Waals surface area contributed by atoms with Gasteiger partial charge >= 0.3 is 0 Å². The zero-order valence-corrected chi connectivity index (χ0v) is 9.84. The average molecular weight is 218 g/mol. The summed E-state index contributed by atoms with van der Waals surface area (Å²) in [4.78, 5) is 11.0. The second-order valence-electron chi connectivity index (χ2n) is 4.54. The van der Waals surface area contributed by atoms with E-state index in [1.54, 1.807) is 0 Å². The first-order chi connectivity index (χ1) is 7.65. The molecule has 86 valence electrons. The predicted molar refractivity (Wildman–Crippen MR) is 66.7 cm³/mol. The summed E-state index contributed by atoms with van der Waals surface area (Å²) in [5.41, 5.74) is 3.07. The van der Waals surface area contributed by atoms with Crippen molar-refractivity contribution in [3.05, 3.63) is 23.8 Å². The van der Waals surface area contributed by atoms with Gasteiger partial charge in [0, 0.05) is 24.8 Å². The van der Waals surface area contributed by atoms with Crippen LogP contribution in [0, 0.1) is 12.8 Å². The minimum Gasteiger partial charge on any atom is -0.385 e. The molecule has 0 spiro atoms. The molecule has 0 radical (unpaired) electrons. The summed E-state index contributed by atoms with van der Waals surface area (Å²) < 4.78 is 0. The summed E-state index contributed by atoms with van der Waals surface area (Å²) in [7, 11) is 0. The molecule has 1 fully saturated rings. The predicted octanol–water partition coefficient (Wildman–Crippen LogP) is 2.78. The van der Waals surface area contributed by atoms with E-state index in [1.807, 2.05) is 19.1 Å². The van der Waals surface area contributed by atoms with E-state index < -0.39 is 0 Å². The largest absolute Gasteiger partial charge is 0.385 e. The second kappa shape index (κ2) is 4.56. The van der Waals surface area contributed by atoms with Gasteiger partial charge in [0.15, 0.2) is 0 Å². The van der Waals surface area contributed by atoms with E-state index in [1.165, 1.54) is 19.8 Å². The summed E-state index contributed by atoms with van der Waals surface area (Å²) in [6.07, 6.45) is 2.69. The number of benzene rings is 1. The molecule has 0 heterocycles. The van der Waals surface area contributed by atoms with E-state index in [0.29, 0.717) is 0 Å². The molecule has 2 N–H and O–H groups in total. The van der Waals surface area contributed by atoms with Gasteiger partial charge < -0.3 is 10.6 Å². The van der Waals surface area contributed by atoms with Crippen molar-refractivity contribution in [3.8, 4) is 0 Å². The van der Waals surface area contributed by atoms with Crippen molar-refractivity contribution in [3.63, 3.8) is 0 Å². The molecule has 0 aromatic heterocycles. The molecule has 2 rings (SSSR count). The topological polar surface area (TPSA) is 41.1 Å². The lowest BCUT2D eigenvalue weighted by molar-refractivity contribution is -0.114. The summed E-state index contributed by atoms with van der Waals surface area (Å²) >= 11 is 0. The normalized spacial score (nSPS) is 14.6. The fourth-order valence-electron chi connectivity index (χ4n) is 1.64. The molecular formula is C13H18N2O. The summed E-state index contributed by atoms with van der Waals surface area (Å²) in [5.74, 6) is 0.827. The molecule has 0 atom stereocenters. The average Bonchev–Trinajstić information content (AvgIpc) is 3.02. The van der Waals surface area contributed by atoms with Gasteiger partial charge in [0.2, 0.25) is 5.91 Å². The molecule has 1 aliphatic carbocycles. The van der Waals surface area contributed by atoms with Crippen molar-refractivity contribution in [2.24, 2.45) is 5.92 Å². The minimum atomic E-state index is -0.0255. The third-order valence-electron chi connectivity index (χ3n) is 2.84. The van der Waals surface area contributed by atoms with Crippen LogP contribution in [0.25, 0.3) is 0 Å². The number of hydrogen-bond acceptors (Lipinski definition) is 2. The van der Waals surface area contributed by atoms with Crippen molar-refractivity contribution in [2.75, 3.05) is 17.2 Å². The fourth-order valence-corrected chi connectivity index (χ4v) is 1.64. The number of aryl methyl sites for hydroxylation is 1. The Morgan fingerprint density at radius 3 is 2.81 bits per heavy atom. The molecule has 1 aliphatic rings. The van der Waals surface area contributed by atoms with E-state index in [0.717, 1.165) is 29.4 Å². The van der Waals surface area contributed by atoms with Crippen LogP contribution in [-0.4, -0.2) is 12.5 Å². The third-order valence-corrected chi connectivity index (χ3v) is 2.84. The Morgan fingerprint density at radius 2 is 2.19 bits per heavy atom. The molecule has 3 heteroatoms. The molecule has 0 bridgehead atoms. The highest BCUT2D eigenvalue weighted by molar-refractivity contribution is 5.90. The second-order valence-corrected chi connectivity index (χ2v) is 4.54. The molecule has 1 aromatic rings. The molecular weight excluding hydrogens is 200 g/mol.